The van der Waals surface area contributed by atoms with Gasteiger partial charge in [-0.3, -0.25) is 19.7 Å². The van der Waals surface area contributed by atoms with Crippen LogP contribution in [-0.2, 0) is 19.4 Å². The van der Waals surface area contributed by atoms with Gasteiger partial charge in [-0.05, 0) is 38.2 Å². The lowest BCUT2D eigenvalue weighted by atomic mass is 9.94. The molecule has 2 aromatic rings. The zero-order valence-electron chi connectivity index (χ0n) is 18.5. The molecule has 1 aromatic heterocycles. The van der Waals surface area contributed by atoms with E-state index >= 15 is 0 Å². The van der Waals surface area contributed by atoms with Crippen LogP contribution in [0, 0.1) is 12.8 Å². The van der Waals surface area contributed by atoms with E-state index in [9.17, 15) is 22.8 Å². The van der Waals surface area contributed by atoms with Crippen LogP contribution in [0.15, 0.2) is 22.4 Å². The predicted octanol–water partition coefficient (Wildman–Crippen LogP) is 3.13. The number of hydrogen-bond acceptors (Lipinski definition) is 9. The number of hydrogen-bond donors (Lipinski definition) is 3. The molecule has 12 heteroatoms. The lowest BCUT2D eigenvalue weighted by Gasteiger charge is -2.14. The van der Waals surface area contributed by atoms with Crippen molar-refractivity contribution in [3.05, 3.63) is 35.0 Å². The minimum Gasteiger partial charge on any atom is -0.317 e. The molecule has 0 saturated heterocycles. The van der Waals surface area contributed by atoms with E-state index in [-0.39, 0.29) is 28.2 Å². The topological polar surface area (TPSA) is 148 Å². The summed E-state index contributed by atoms with van der Waals surface area (Å²) < 4.78 is 24.1. The van der Waals surface area contributed by atoms with Crippen molar-refractivity contribution in [2.24, 2.45) is 11.7 Å². The third-order valence-corrected chi connectivity index (χ3v) is 8.64. The van der Waals surface area contributed by atoms with Gasteiger partial charge in [-0.2, -0.15) is 0 Å². The first kappa shape index (κ1) is 25.3. The summed E-state index contributed by atoms with van der Waals surface area (Å²) in [6.45, 7) is 1.86. The molecule has 0 aliphatic heterocycles. The van der Waals surface area contributed by atoms with Crippen molar-refractivity contribution >= 4 is 61.4 Å². The van der Waals surface area contributed by atoms with Crippen LogP contribution in [0.3, 0.4) is 0 Å². The summed E-state index contributed by atoms with van der Waals surface area (Å²) in [5.41, 5.74) is 7.45. The molecule has 1 heterocycles. The van der Waals surface area contributed by atoms with E-state index in [1.165, 1.54) is 11.8 Å². The van der Waals surface area contributed by atoms with Crippen LogP contribution in [0.2, 0.25) is 0 Å². The van der Waals surface area contributed by atoms with Gasteiger partial charge in [-0.1, -0.05) is 35.8 Å². The fraction of sp³-hybridized carbons (Fsp3) is 0.429. The number of carbonyl (C=O) groups is 3. The third-order valence-electron chi connectivity index (χ3n) is 5.38. The number of thioether (sulfide) groups is 1. The van der Waals surface area contributed by atoms with E-state index in [1.54, 1.807) is 24.5 Å². The third kappa shape index (κ3) is 5.99. The Morgan fingerprint density at radius 3 is 2.42 bits per heavy atom. The first-order valence-corrected chi connectivity index (χ1v) is 14.3. The number of ketones is 1. The van der Waals surface area contributed by atoms with Gasteiger partial charge in [0.05, 0.1) is 15.6 Å². The summed E-state index contributed by atoms with van der Waals surface area (Å²) in [5, 5.41) is 3.63. The molecule has 9 nitrogen and oxygen atoms in total. The van der Waals surface area contributed by atoms with Crippen LogP contribution in [0.5, 0.6) is 0 Å². The number of Topliss-reactive ketones (excluding diaryl/α,β-unsaturated/α-hetero) is 1. The number of rotatable bonds is 7. The van der Waals surface area contributed by atoms with Gasteiger partial charge >= 0.3 is 11.8 Å². The summed E-state index contributed by atoms with van der Waals surface area (Å²) in [7, 11) is -3.60. The lowest BCUT2D eigenvalue weighted by Crippen LogP contribution is -2.30. The number of carbonyl (C=O) groups excluding carboxylic acids is 3. The van der Waals surface area contributed by atoms with Gasteiger partial charge < -0.3 is 11.1 Å². The molecule has 4 N–H and O–H groups in total. The second-order valence-electron chi connectivity index (χ2n) is 7.95. The molecule has 1 unspecified atom stereocenters. The monoisotopic (exact) mass is 510 g/mol. The highest BCUT2D eigenvalue weighted by atomic mass is 32.2. The van der Waals surface area contributed by atoms with E-state index in [0.717, 1.165) is 48.8 Å². The fourth-order valence-electron chi connectivity index (χ4n) is 3.61. The Labute approximate surface area is 200 Å². The van der Waals surface area contributed by atoms with Gasteiger partial charge in [-0.15, -0.1) is 11.8 Å². The maximum Gasteiger partial charge on any atom is 0.315 e. The number of thiazole rings is 1. The van der Waals surface area contributed by atoms with Gasteiger partial charge in [0.15, 0.2) is 26.1 Å². The van der Waals surface area contributed by atoms with E-state index in [0.29, 0.717) is 9.77 Å². The number of nitrogens with zero attached hydrogens (tertiary/aromatic N) is 1. The molecule has 0 spiro atoms. The smallest absolute Gasteiger partial charge is 0.315 e. The fourth-order valence-corrected chi connectivity index (χ4v) is 6.03. The summed E-state index contributed by atoms with van der Waals surface area (Å²) in [6.07, 6.45) is 6.37. The lowest BCUT2D eigenvalue weighted by molar-refractivity contribution is -0.133. The number of nitrogens with two attached hydrogens (primary N) is 1. The highest BCUT2D eigenvalue weighted by molar-refractivity contribution is 8.00. The molecular weight excluding hydrogens is 484 g/mol. The van der Waals surface area contributed by atoms with Crippen LogP contribution in [0.25, 0.3) is 0 Å². The first-order chi connectivity index (χ1) is 15.5. The van der Waals surface area contributed by atoms with Crippen LogP contribution in [0.1, 0.15) is 52.7 Å². The Balaban J connectivity index is 1.76. The average Bonchev–Trinajstić information content (AvgIpc) is 3.43. The van der Waals surface area contributed by atoms with Crippen molar-refractivity contribution in [2.75, 3.05) is 23.1 Å². The average molecular weight is 511 g/mol. The standard InChI is InChI=1S/C21H26N4O5S3/c1-11-8-9-14(13(10-11)16(26)12-6-4-5-7-12)23-18(27)19(28)25-21-24-15(20(31-2)32-21)17(22)33(3,29)30/h8-10,12,17H,4-7,22H2,1-3H3,(H,23,27)(H,24,25,28). The van der Waals surface area contributed by atoms with Crippen molar-refractivity contribution < 1.29 is 22.8 Å². The highest BCUT2D eigenvalue weighted by Gasteiger charge is 2.28. The van der Waals surface area contributed by atoms with Crippen LogP contribution in [-0.4, -0.2) is 43.5 Å². The summed E-state index contributed by atoms with van der Waals surface area (Å²) in [5.74, 6) is -2.06. The summed E-state index contributed by atoms with van der Waals surface area (Å²) in [4.78, 5) is 42.1. The Kier molecular flexibility index (Phi) is 7.93. The largest absolute Gasteiger partial charge is 0.317 e. The van der Waals surface area contributed by atoms with Crippen molar-refractivity contribution in [1.29, 1.82) is 0 Å². The number of aryl methyl sites for hydroxylation is 1. The molecule has 3 rings (SSSR count). The van der Waals surface area contributed by atoms with E-state index in [2.05, 4.69) is 15.6 Å². The SMILES string of the molecule is CSc1sc(NC(=O)C(=O)Nc2ccc(C)cc2C(=O)C2CCCC2)nc1C(N)S(C)(=O)=O. The molecule has 1 aliphatic rings. The minimum absolute atomic E-state index is 0.0316. The molecule has 178 valence electrons. The second kappa shape index (κ2) is 10.3. The van der Waals surface area contributed by atoms with Crippen molar-refractivity contribution in [2.45, 2.75) is 42.2 Å². The van der Waals surface area contributed by atoms with Gasteiger partial charge in [0.1, 0.15) is 0 Å². The van der Waals surface area contributed by atoms with Gasteiger partial charge in [-0.25, -0.2) is 13.4 Å². The van der Waals surface area contributed by atoms with Crippen molar-refractivity contribution in [3.63, 3.8) is 0 Å². The molecule has 1 atom stereocenters. The highest BCUT2D eigenvalue weighted by Crippen LogP contribution is 2.35. The Hall–Kier alpha value is -2.28. The number of anilines is 2. The maximum absolute atomic E-state index is 13.0. The zero-order chi connectivity index (χ0) is 24.3. The molecular formula is C21H26N4O5S3. The van der Waals surface area contributed by atoms with E-state index in [1.807, 2.05) is 6.92 Å². The number of aromatic nitrogens is 1. The Morgan fingerprint density at radius 2 is 1.82 bits per heavy atom. The molecule has 1 aromatic carbocycles. The van der Waals surface area contributed by atoms with Gasteiger partial charge in [0.2, 0.25) is 0 Å². The molecule has 33 heavy (non-hydrogen) atoms. The predicted molar refractivity (Wildman–Crippen MR) is 130 cm³/mol. The number of benzene rings is 1. The van der Waals surface area contributed by atoms with Crippen LogP contribution >= 0.6 is 23.1 Å². The molecule has 2 amide bonds. The molecule has 1 fully saturated rings. The van der Waals surface area contributed by atoms with Crippen LogP contribution < -0.4 is 16.4 Å². The molecule has 1 saturated carbocycles. The second-order valence-corrected chi connectivity index (χ2v) is 12.2. The van der Waals surface area contributed by atoms with E-state index in [4.69, 9.17) is 5.73 Å². The minimum atomic E-state index is -3.60. The van der Waals surface area contributed by atoms with Crippen molar-refractivity contribution in [3.8, 4) is 0 Å². The Morgan fingerprint density at radius 1 is 1.18 bits per heavy atom. The number of nitrogens with one attached hydrogen (secondary N) is 2. The maximum atomic E-state index is 13.0. The summed E-state index contributed by atoms with van der Waals surface area (Å²) >= 11 is 2.26. The number of amides is 2. The Bertz CT molecular complexity index is 1190. The van der Waals surface area contributed by atoms with Gasteiger partial charge in [0.25, 0.3) is 0 Å². The quantitative estimate of drug-likeness (QED) is 0.292. The van der Waals surface area contributed by atoms with Crippen LogP contribution in [0.4, 0.5) is 10.8 Å². The van der Waals surface area contributed by atoms with Crippen molar-refractivity contribution in [1.82, 2.24) is 4.98 Å². The molecule has 0 radical (unpaired) electrons. The molecule has 0 bridgehead atoms. The normalized spacial score (nSPS) is 15.3. The summed E-state index contributed by atoms with van der Waals surface area (Å²) in [6, 6.07) is 5.09. The molecule has 1 aliphatic carbocycles. The van der Waals surface area contributed by atoms with Gasteiger partial charge in [0, 0.05) is 17.7 Å². The van der Waals surface area contributed by atoms with E-state index < -0.39 is 27.0 Å². The number of sulfone groups is 1. The zero-order valence-corrected chi connectivity index (χ0v) is 21.0. The first-order valence-electron chi connectivity index (χ1n) is 10.3.